The van der Waals surface area contributed by atoms with E-state index in [1.807, 2.05) is 0 Å². The normalized spacial score (nSPS) is 13.9. The molecule has 0 rings (SSSR count). The van der Waals surface area contributed by atoms with E-state index in [4.69, 9.17) is 37.0 Å². The summed E-state index contributed by atoms with van der Waals surface area (Å²) in [4.78, 5) is 73.0. The summed E-state index contributed by atoms with van der Waals surface area (Å²) in [5.41, 5.74) is 0. The van der Waals surface area contributed by atoms with Gasteiger partial charge >= 0.3 is 39.5 Å². The van der Waals surface area contributed by atoms with Gasteiger partial charge in [0.15, 0.2) is 12.2 Å². The van der Waals surface area contributed by atoms with Gasteiger partial charge in [-0.3, -0.25) is 37.3 Å². The van der Waals surface area contributed by atoms with Crippen LogP contribution < -0.4 is 0 Å². The molecule has 17 nitrogen and oxygen atoms in total. The predicted octanol–water partition coefficient (Wildman–Crippen LogP) is 24.1. The number of unbranched alkanes of at least 4 members (excludes halogenated alkanes) is 50. The molecule has 0 aliphatic heterocycles. The van der Waals surface area contributed by atoms with Crippen molar-refractivity contribution in [3.05, 3.63) is 24.3 Å². The zero-order chi connectivity index (χ0) is 73.2. The summed E-state index contributed by atoms with van der Waals surface area (Å²) in [6.07, 6.45) is 70.0. The predicted molar refractivity (Wildman–Crippen MR) is 409 cm³/mol. The van der Waals surface area contributed by atoms with Crippen LogP contribution in [0.3, 0.4) is 0 Å². The third-order valence-corrected chi connectivity index (χ3v) is 20.4. The Balaban J connectivity index is 5.28. The van der Waals surface area contributed by atoms with Crippen LogP contribution in [0.5, 0.6) is 0 Å². The van der Waals surface area contributed by atoms with Crippen molar-refractivity contribution in [3.8, 4) is 0 Å². The van der Waals surface area contributed by atoms with Crippen molar-refractivity contribution in [3.63, 3.8) is 0 Å². The van der Waals surface area contributed by atoms with Gasteiger partial charge in [0.1, 0.15) is 19.3 Å². The molecular weight excluding hydrogens is 1310 g/mol. The molecule has 100 heavy (non-hydrogen) atoms. The summed E-state index contributed by atoms with van der Waals surface area (Å²) in [6, 6.07) is 0. The minimum atomic E-state index is -4.97. The summed E-state index contributed by atoms with van der Waals surface area (Å²) < 4.78 is 68.7. The monoisotopic (exact) mass is 1460 g/mol. The van der Waals surface area contributed by atoms with E-state index in [9.17, 15) is 43.2 Å². The highest BCUT2D eigenvalue weighted by atomic mass is 31.2. The molecule has 0 aromatic carbocycles. The molecular formula is C81H154O17P2. The summed E-state index contributed by atoms with van der Waals surface area (Å²) in [6.45, 7) is 4.96. The smallest absolute Gasteiger partial charge is 0.462 e. The highest BCUT2D eigenvalue weighted by Gasteiger charge is 2.30. The zero-order valence-electron chi connectivity index (χ0n) is 64.7. The average molecular weight is 1460 g/mol. The van der Waals surface area contributed by atoms with Gasteiger partial charge in [0.2, 0.25) is 0 Å². The van der Waals surface area contributed by atoms with E-state index in [1.54, 1.807) is 0 Å². The first-order valence-electron chi connectivity index (χ1n) is 41.6. The van der Waals surface area contributed by atoms with Gasteiger partial charge < -0.3 is 33.8 Å². The molecule has 0 saturated heterocycles. The van der Waals surface area contributed by atoms with Crippen LogP contribution in [0, 0.1) is 0 Å². The quantitative estimate of drug-likeness (QED) is 0.0169. The lowest BCUT2D eigenvalue weighted by Crippen LogP contribution is -2.30. The van der Waals surface area contributed by atoms with Gasteiger partial charge in [-0.05, 0) is 57.8 Å². The first kappa shape index (κ1) is 97.5. The number of allylic oxidation sites excluding steroid dienone is 4. The van der Waals surface area contributed by atoms with Gasteiger partial charge in [-0.2, -0.15) is 0 Å². The Morgan fingerprint density at radius 1 is 0.280 bits per heavy atom. The molecule has 0 radical (unpaired) electrons. The average Bonchev–Trinajstić information content (AvgIpc) is 0.932. The van der Waals surface area contributed by atoms with Crippen LogP contribution >= 0.6 is 15.6 Å². The Bertz CT molecular complexity index is 1990. The SMILES string of the molecule is CCCCC/C=C\C/C=C\CCCCCCCC(=O)O[C@H](COC(=O)CCCCCCCCCCCCCCCCCCC)COP(=O)(O)OC[C@H](O)COP(=O)(O)OC[C@@H](COC(=O)CCCCCCCCCCCCCCCCC)OC(=O)CCCCCCCCCCCCCCC. The largest absolute Gasteiger partial charge is 0.472 e. The maximum Gasteiger partial charge on any atom is 0.472 e. The van der Waals surface area contributed by atoms with Gasteiger partial charge in [-0.25, -0.2) is 9.13 Å². The van der Waals surface area contributed by atoms with Crippen LogP contribution in [0.15, 0.2) is 24.3 Å². The maximum absolute atomic E-state index is 13.1. The minimum absolute atomic E-state index is 0.0878. The second-order valence-corrected chi connectivity index (χ2v) is 31.4. The fraction of sp³-hybridized carbons (Fsp3) is 0.901. The van der Waals surface area contributed by atoms with Gasteiger partial charge in [-0.15, -0.1) is 0 Å². The van der Waals surface area contributed by atoms with Crippen molar-refractivity contribution in [2.24, 2.45) is 0 Å². The van der Waals surface area contributed by atoms with Gasteiger partial charge in [0.25, 0.3) is 0 Å². The van der Waals surface area contributed by atoms with Crippen LogP contribution in [-0.2, 0) is 65.4 Å². The highest BCUT2D eigenvalue weighted by Crippen LogP contribution is 2.45. The number of rotatable bonds is 80. The molecule has 2 unspecified atom stereocenters. The third kappa shape index (κ3) is 73.8. The van der Waals surface area contributed by atoms with Gasteiger partial charge in [-0.1, -0.05) is 354 Å². The number of esters is 4. The Labute approximate surface area is 612 Å². The summed E-state index contributed by atoms with van der Waals surface area (Å²) in [5.74, 6) is -2.13. The lowest BCUT2D eigenvalue weighted by atomic mass is 10.0. The van der Waals surface area contributed by atoms with Gasteiger partial charge in [0, 0.05) is 25.7 Å². The molecule has 19 heteroatoms. The van der Waals surface area contributed by atoms with Crippen LogP contribution in [0.4, 0.5) is 0 Å². The Kier molecular flexibility index (Phi) is 73.0. The second kappa shape index (κ2) is 74.8. The van der Waals surface area contributed by atoms with E-state index in [2.05, 4.69) is 52.0 Å². The lowest BCUT2D eigenvalue weighted by Gasteiger charge is -2.21. The van der Waals surface area contributed by atoms with E-state index in [1.165, 1.54) is 225 Å². The van der Waals surface area contributed by atoms with E-state index in [0.717, 1.165) is 109 Å². The van der Waals surface area contributed by atoms with Crippen molar-refractivity contribution in [2.45, 2.75) is 431 Å². The first-order valence-corrected chi connectivity index (χ1v) is 44.6. The van der Waals surface area contributed by atoms with E-state index >= 15 is 0 Å². The van der Waals surface area contributed by atoms with Crippen molar-refractivity contribution in [2.75, 3.05) is 39.6 Å². The fourth-order valence-corrected chi connectivity index (χ4v) is 13.7. The minimum Gasteiger partial charge on any atom is -0.462 e. The number of aliphatic hydroxyl groups excluding tert-OH is 1. The van der Waals surface area contributed by atoms with Crippen LogP contribution in [0.2, 0.25) is 0 Å². The molecule has 0 aliphatic carbocycles. The number of carbonyl (C=O) groups is 4. The number of hydrogen-bond donors (Lipinski definition) is 3. The Hall–Kier alpha value is -2.46. The molecule has 0 bridgehead atoms. The summed E-state index contributed by atoms with van der Waals surface area (Å²) >= 11 is 0. The Morgan fingerprint density at radius 3 is 0.760 bits per heavy atom. The van der Waals surface area contributed by atoms with E-state index in [-0.39, 0.29) is 25.7 Å². The summed E-state index contributed by atoms with van der Waals surface area (Å²) in [7, 11) is -9.93. The number of phosphoric ester groups is 2. The molecule has 590 valence electrons. The van der Waals surface area contributed by atoms with Crippen LogP contribution in [0.25, 0.3) is 0 Å². The molecule has 0 fully saturated rings. The topological polar surface area (TPSA) is 237 Å². The molecule has 3 N–H and O–H groups in total. The van der Waals surface area contributed by atoms with E-state index < -0.39 is 97.5 Å². The molecule has 0 aromatic heterocycles. The molecule has 5 atom stereocenters. The standard InChI is InChI=1S/C81H154O17P2/c1-5-9-13-17-21-25-29-33-36-37-40-43-46-50-54-58-62-66-79(84)92-72-77(98-81(86)68-64-60-56-52-48-44-39-35-31-27-23-19-15-11-7-3)74-96-100(89,90)94-70-75(82)69-93-99(87,88)95-73-76(97-80(85)67-63-59-55-51-47-41-32-28-24-20-16-12-8-4)71-91-78(83)65-61-57-53-49-45-42-38-34-30-26-22-18-14-10-6-2/h23,27,35,39,75-77,82H,5-22,24-26,28-34,36-38,40-74H2,1-4H3,(H,87,88)(H,89,90)/b27-23-,39-35-/t75-,76-,77-/m1/s1. The first-order chi connectivity index (χ1) is 48.7. The van der Waals surface area contributed by atoms with Gasteiger partial charge in [0.05, 0.1) is 26.4 Å². The summed E-state index contributed by atoms with van der Waals surface area (Å²) in [5, 5.41) is 10.6. The number of aliphatic hydroxyl groups is 1. The second-order valence-electron chi connectivity index (χ2n) is 28.4. The third-order valence-electron chi connectivity index (χ3n) is 18.4. The lowest BCUT2D eigenvalue weighted by molar-refractivity contribution is -0.161. The van der Waals surface area contributed by atoms with Crippen molar-refractivity contribution in [1.82, 2.24) is 0 Å². The fourth-order valence-electron chi connectivity index (χ4n) is 12.1. The van der Waals surface area contributed by atoms with Crippen LogP contribution in [-0.4, -0.2) is 96.7 Å². The number of hydrogen-bond acceptors (Lipinski definition) is 15. The Morgan fingerprint density at radius 2 is 0.490 bits per heavy atom. The molecule has 0 spiro atoms. The molecule has 0 aliphatic rings. The van der Waals surface area contributed by atoms with Crippen molar-refractivity contribution >= 4 is 39.5 Å². The highest BCUT2D eigenvalue weighted by molar-refractivity contribution is 7.47. The molecule has 0 amide bonds. The van der Waals surface area contributed by atoms with Crippen molar-refractivity contribution < 1.29 is 80.2 Å². The molecule has 0 heterocycles. The number of ether oxygens (including phenoxy) is 4. The number of carbonyl (C=O) groups excluding carboxylic acids is 4. The molecule has 0 aromatic rings. The zero-order valence-corrected chi connectivity index (χ0v) is 66.5. The maximum atomic E-state index is 13.1. The molecule has 0 saturated carbocycles. The van der Waals surface area contributed by atoms with E-state index in [0.29, 0.717) is 25.7 Å². The number of phosphoric acid groups is 2. The van der Waals surface area contributed by atoms with Crippen LogP contribution in [0.1, 0.15) is 413 Å². The van der Waals surface area contributed by atoms with Crippen molar-refractivity contribution in [1.29, 1.82) is 0 Å².